The minimum absolute atomic E-state index is 0.257. The van der Waals surface area contributed by atoms with Crippen LogP contribution in [0.3, 0.4) is 0 Å². The van der Waals surface area contributed by atoms with E-state index >= 15 is 0 Å². The Bertz CT molecular complexity index is 708. The van der Waals surface area contributed by atoms with Gasteiger partial charge >= 0.3 is 0 Å². The highest BCUT2D eigenvalue weighted by atomic mass is 15.1. The number of likely N-dealkylation sites (N-methyl/N-ethyl adjacent to an activating group) is 1. The Morgan fingerprint density at radius 1 is 0.708 bits per heavy atom. The Balaban J connectivity index is 1.79. The van der Waals surface area contributed by atoms with Gasteiger partial charge in [0.2, 0.25) is 0 Å². The molecule has 1 nitrogen and oxygen atoms in total. The molecule has 0 aliphatic heterocycles. The molecule has 1 heteroatoms. The Labute approximate surface area is 144 Å². The quantitative estimate of drug-likeness (QED) is 0.587. The summed E-state index contributed by atoms with van der Waals surface area (Å²) in [5.74, 6) is 0. The van der Waals surface area contributed by atoms with Gasteiger partial charge in [-0.1, -0.05) is 103 Å². The summed E-state index contributed by atoms with van der Waals surface area (Å²) in [5.41, 5.74) is 3.88. The molecule has 0 aliphatic carbocycles. The number of hydrogen-bond donors (Lipinski definition) is 0. The third kappa shape index (κ3) is 4.21. The zero-order valence-electron chi connectivity index (χ0n) is 14.0. The average molecular weight is 313 g/mol. The van der Waals surface area contributed by atoms with Crippen molar-refractivity contribution in [3.63, 3.8) is 0 Å². The smallest absolute Gasteiger partial charge is 0.0602 e. The van der Waals surface area contributed by atoms with Crippen LogP contribution in [0, 0.1) is 0 Å². The number of benzene rings is 3. The molecule has 0 heterocycles. The van der Waals surface area contributed by atoms with Gasteiger partial charge in [0.25, 0.3) is 0 Å². The van der Waals surface area contributed by atoms with Gasteiger partial charge in [0.15, 0.2) is 0 Å². The Morgan fingerprint density at radius 3 is 1.67 bits per heavy atom. The van der Waals surface area contributed by atoms with E-state index in [0.29, 0.717) is 0 Å². The maximum Gasteiger partial charge on any atom is 0.0602 e. The van der Waals surface area contributed by atoms with E-state index in [1.807, 2.05) is 6.07 Å². The first-order valence-electron chi connectivity index (χ1n) is 8.36. The lowest BCUT2D eigenvalue weighted by Gasteiger charge is -2.28. The molecule has 0 saturated heterocycles. The Morgan fingerprint density at radius 2 is 1.17 bits per heavy atom. The molecule has 3 aromatic rings. The molecule has 24 heavy (non-hydrogen) atoms. The Kier molecular flexibility index (Phi) is 5.60. The SMILES string of the molecule is CN(C/C=C/c1ccccc1)C(c1ccccc1)c1ccccc1. The normalized spacial score (nSPS) is 11.5. The average Bonchev–Trinajstić information content (AvgIpc) is 2.65. The highest BCUT2D eigenvalue weighted by Crippen LogP contribution is 2.27. The van der Waals surface area contributed by atoms with Crippen LogP contribution in [0.25, 0.3) is 6.08 Å². The van der Waals surface area contributed by atoms with E-state index in [1.165, 1.54) is 16.7 Å². The fraction of sp³-hybridized carbons (Fsp3) is 0.130. The molecular formula is C23H23N. The van der Waals surface area contributed by atoms with Gasteiger partial charge in [-0.3, -0.25) is 4.90 Å². The standard InChI is InChI=1S/C23H23N/c1-24(19-11-14-20-12-5-2-6-13-20)23(21-15-7-3-8-16-21)22-17-9-4-10-18-22/h2-18,23H,19H2,1H3/b14-11+. The lowest BCUT2D eigenvalue weighted by atomic mass is 9.97. The maximum absolute atomic E-state index is 2.38. The first-order chi connectivity index (χ1) is 11.8. The van der Waals surface area contributed by atoms with Crippen LogP contribution in [-0.2, 0) is 0 Å². The van der Waals surface area contributed by atoms with Crippen LogP contribution in [-0.4, -0.2) is 18.5 Å². The van der Waals surface area contributed by atoms with E-state index in [9.17, 15) is 0 Å². The van der Waals surface area contributed by atoms with Crippen LogP contribution in [0.4, 0.5) is 0 Å². The minimum atomic E-state index is 0.257. The summed E-state index contributed by atoms with van der Waals surface area (Å²) >= 11 is 0. The fourth-order valence-corrected chi connectivity index (χ4v) is 3.00. The highest BCUT2D eigenvalue weighted by Gasteiger charge is 2.17. The number of nitrogens with zero attached hydrogens (tertiary/aromatic N) is 1. The Hall–Kier alpha value is -2.64. The first kappa shape index (κ1) is 16.2. The molecule has 0 atom stereocenters. The van der Waals surface area contributed by atoms with Crippen molar-refractivity contribution in [3.05, 3.63) is 114 Å². The molecule has 0 fully saturated rings. The molecule has 0 aromatic heterocycles. The van der Waals surface area contributed by atoms with Crippen LogP contribution in [0.1, 0.15) is 22.7 Å². The lowest BCUT2D eigenvalue weighted by molar-refractivity contribution is 0.309. The van der Waals surface area contributed by atoms with Crippen LogP contribution >= 0.6 is 0 Å². The third-order valence-electron chi connectivity index (χ3n) is 4.17. The molecule has 3 aromatic carbocycles. The van der Waals surface area contributed by atoms with Gasteiger partial charge in [-0.05, 0) is 23.7 Å². The molecule has 0 radical (unpaired) electrons. The number of rotatable bonds is 6. The van der Waals surface area contributed by atoms with E-state index in [4.69, 9.17) is 0 Å². The van der Waals surface area contributed by atoms with Crippen LogP contribution in [0.15, 0.2) is 97.1 Å². The van der Waals surface area contributed by atoms with Gasteiger partial charge in [-0.15, -0.1) is 0 Å². The minimum Gasteiger partial charge on any atom is -0.292 e. The largest absolute Gasteiger partial charge is 0.292 e. The van der Waals surface area contributed by atoms with Gasteiger partial charge in [0.1, 0.15) is 0 Å². The van der Waals surface area contributed by atoms with Crippen molar-refractivity contribution in [1.29, 1.82) is 0 Å². The van der Waals surface area contributed by atoms with E-state index < -0.39 is 0 Å². The molecule has 120 valence electrons. The maximum atomic E-state index is 2.38. The number of hydrogen-bond acceptors (Lipinski definition) is 1. The second kappa shape index (κ2) is 8.28. The molecular weight excluding hydrogens is 290 g/mol. The molecule has 0 unspecified atom stereocenters. The van der Waals surface area contributed by atoms with Gasteiger partial charge in [0.05, 0.1) is 6.04 Å². The molecule has 0 aliphatic rings. The zero-order valence-corrected chi connectivity index (χ0v) is 14.0. The summed E-state index contributed by atoms with van der Waals surface area (Å²) in [6, 6.07) is 32.1. The fourth-order valence-electron chi connectivity index (χ4n) is 3.00. The van der Waals surface area contributed by atoms with Gasteiger partial charge in [-0.25, -0.2) is 0 Å². The topological polar surface area (TPSA) is 3.24 Å². The van der Waals surface area contributed by atoms with Gasteiger partial charge < -0.3 is 0 Å². The van der Waals surface area contributed by atoms with Crippen LogP contribution in [0.2, 0.25) is 0 Å². The monoisotopic (exact) mass is 313 g/mol. The lowest BCUT2D eigenvalue weighted by Crippen LogP contribution is -2.25. The third-order valence-corrected chi connectivity index (χ3v) is 4.17. The van der Waals surface area contributed by atoms with E-state index in [0.717, 1.165) is 6.54 Å². The van der Waals surface area contributed by atoms with Crippen molar-refractivity contribution in [1.82, 2.24) is 4.90 Å². The van der Waals surface area contributed by atoms with Crippen molar-refractivity contribution >= 4 is 6.08 Å². The van der Waals surface area contributed by atoms with Crippen LogP contribution < -0.4 is 0 Å². The summed E-state index contributed by atoms with van der Waals surface area (Å²) in [5, 5.41) is 0. The summed E-state index contributed by atoms with van der Waals surface area (Å²) in [4.78, 5) is 2.38. The molecule has 0 amide bonds. The van der Waals surface area contributed by atoms with E-state index in [-0.39, 0.29) is 6.04 Å². The molecule has 0 N–H and O–H groups in total. The van der Waals surface area contributed by atoms with Crippen molar-refractivity contribution in [2.75, 3.05) is 13.6 Å². The van der Waals surface area contributed by atoms with Crippen molar-refractivity contribution in [2.24, 2.45) is 0 Å². The molecule has 3 rings (SSSR count). The zero-order chi connectivity index (χ0) is 16.6. The predicted molar refractivity (Wildman–Crippen MR) is 103 cm³/mol. The summed E-state index contributed by atoms with van der Waals surface area (Å²) in [7, 11) is 2.18. The van der Waals surface area contributed by atoms with Crippen molar-refractivity contribution < 1.29 is 0 Å². The van der Waals surface area contributed by atoms with Gasteiger partial charge in [0, 0.05) is 6.54 Å². The predicted octanol–water partition coefficient (Wildman–Crippen LogP) is 5.42. The van der Waals surface area contributed by atoms with Crippen LogP contribution in [0.5, 0.6) is 0 Å². The molecule has 0 spiro atoms. The van der Waals surface area contributed by atoms with E-state index in [2.05, 4.69) is 109 Å². The van der Waals surface area contributed by atoms with Crippen molar-refractivity contribution in [3.8, 4) is 0 Å². The molecule has 0 bridgehead atoms. The molecule has 0 saturated carbocycles. The first-order valence-corrected chi connectivity index (χ1v) is 8.36. The second-order valence-corrected chi connectivity index (χ2v) is 5.98. The highest BCUT2D eigenvalue weighted by molar-refractivity contribution is 5.48. The van der Waals surface area contributed by atoms with E-state index in [1.54, 1.807) is 0 Å². The summed E-state index contributed by atoms with van der Waals surface area (Å²) in [6.07, 6.45) is 4.41. The second-order valence-electron chi connectivity index (χ2n) is 5.98. The van der Waals surface area contributed by atoms with Crippen molar-refractivity contribution in [2.45, 2.75) is 6.04 Å². The summed E-state index contributed by atoms with van der Waals surface area (Å²) < 4.78 is 0. The van der Waals surface area contributed by atoms with Gasteiger partial charge in [-0.2, -0.15) is 0 Å². The summed E-state index contributed by atoms with van der Waals surface area (Å²) in [6.45, 7) is 0.892.